The van der Waals surface area contributed by atoms with Gasteiger partial charge in [0.05, 0.1) is 10.6 Å². The van der Waals surface area contributed by atoms with Crippen LogP contribution in [0.2, 0.25) is 0 Å². The van der Waals surface area contributed by atoms with Crippen molar-refractivity contribution in [2.75, 3.05) is 5.32 Å². The van der Waals surface area contributed by atoms with Crippen LogP contribution in [0, 0.1) is 22.9 Å². The molecular weight excluding hydrogens is 345 g/mol. The van der Waals surface area contributed by atoms with Gasteiger partial charge in [-0.3, -0.25) is 20.2 Å². The molecule has 25 heavy (non-hydrogen) atoms. The second-order valence-electron chi connectivity index (χ2n) is 5.11. The number of nitro benzene ring substituents is 1. The second-order valence-corrected chi connectivity index (χ2v) is 5.52. The van der Waals surface area contributed by atoms with Gasteiger partial charge in [-0.1, -0.05) is 29.8 Å². The van der Waals surface area contributed by atoms with Gasteiger partial charge >= 0.3 is 0 Å². The zero-order chi connectivity index (χ0) is 18.4. The highest BCUT2D eigenvalue weighted by Gasteiger charge is 2.12. The van der Waals surface area contributed by atoms with Gasteiger partial charge in [0.2, 0.25) is 5.91 Å². The predicted molar refractivity (Wildman–Crippen MR) is 97.6 cm³/mol. The summed E-state index contributed by atoms with van der Waals surface area (Å²) in [6.07, 6.45) is 2.88. The maximum absolute atomic E-state index is 13.7. The fourth-order valence-corrected chi connectivity index (χ4v) is 2.09. The van der Waals surface area contributed by atoms with Gasteiger partial charge in [-0.2, -0.15) is 0 Å². The van der Waals surface area contributed by atoms with Crippen LogP contribution in [-0.4, -0.2) is 15.9 Å². The third-order valence-corrected chi connectivity index (χ3v) is 3.35. The van der Waals surface area contributed by atoms with E-state index in [9.17, 15) is 19.3 Å². The van der Waals surface area contributed by atoms with Crippen LogP contribution in [0.3, 0.4) is 0 Å². The monoisotopic (exact) mass is 359 g/mol. The Morgan fingerprint density at radius 1 is 1.24 bits per heavy atom. The number of nitrogens with one attached hydrogen (secondary N) is 2. The van der Waals surface area contributed by atoms with Gasteiger partial charge in [0.15, 0.2) is 5.11 Å². The van der Waals surface area contributed by atoms with Crippen LogP contribution in [0.15, 0.2) is 48.5 Å². The average molecular weight is 359 g/mol. The molecule has 0 radical (unpaired) electrons. The first-order chi connectivity index (χ1) is 11.8. The molecule has 6 nitrogen and oxygen atoms in total. The molecule has 0 bridgehead atoms. The van der Waals surface area contributed by atoms with Crippen LogP contribution in [-0.2, 0) is 4.79 Å². The summed E-state index contributed by atoms with van der Waals surface area (Å²) in [5.41, 5.74) is 1.45. The molecule has 8 heteroatoms. The molecule has 0 fully saturated rings. The number of benzene rings is 2. The molecule has 1 amide bonds. The minimum Gasteiger partial charge on any atom is -0.330 e. The molecule has 2 aromatic carbocycles. The number of carbonyl (C=O) groups excluding carboxylic acids is 1. The Bertz CT molecular complexity index is 851. The minimum absolute atomic E-state index is 0.169. The van der Waals surface area contributed by atoms with Crippen molar-refractivity contribution in [1.82, 2.24) is 5.32 Å². The van der Waals surface area contributed by atoms with Gasteiger partial charge in [0.1, 0.15) is 5.82 Å². The summed E-state index contributed by atoms with van der Waals surface area (Å²) in [6.45, 7) is 1.96. The molecule has 0 heterocycles. The molecule has 0 aliphatic rings. The van der Waals surface area contributed by atoms with E-state index >= 15 is 0 Å². The average Bonchev–Trinajstić information content (AvgIpc) is 2.56. The number of aryl methyl sites for hydroxylation is 1. The molecule has 0 atom stereocenters. The lowest BCUT2D eigenvalue weighted by Crippen LogP contribution is -2.33. The van der Waals surface area contributed by atoms with Crippen molar-refractivity contribution in [3.05, 3.63) is 75.6 Å². The fourth-order valence-electron chi connectivity index (χ4n) is 1.88. The van der Waals surface area contributed by atoms with E-state index in [-0.39, 0.29) is 16.5 Å². The van der Waals surface area contributed by atoms with Crippen molar-refractivity contribution in [1.29, 1.82) is 0 Å². The number of thiocarbonyl (C=S) groups is 1. The molecule has 0 unspecified atom stereocenters. The van der Waals surface area contributed by atoms with Crippen LogP contribution in [0.25, 0.3) is 6.08 Å². The summed E-state index contributed by atoms with van der Waals surface area (Å²) in [4.78, 5) is 21.9. The Morgan fingerprint density at radius 2 is 1.92 bits per heavy atom. The van der Waals surface area contributed by atoms with E-state index in [0.29, 0.717) is 0 Å². The van der Waals surface area contributed by atoms with Gasteiger partial charge in [0, 0.05) is 18.2 Å². The smallest absolute Gasteiger partial charge is 0.271 e. The van der Waals surface area contributed by atoms with Crippen LogP contribution < -0.4 is 10.6 Å². The highest BCUT2D eigenvalue weighted by atomic mass is 32.1. The number of hydrogen-bond donors (Lipinski definition) is 2. The standard InChI is InChI=1S/C17H14FN3O3S/c1-11-2-4-12(5-3-11)6-9-16(22)20-17(25)19-15-10-13(21(23)24)7-8-14(15)18/h2-10H,1H3,(H2,19,20,22,25)/b9-6+. The van der Waals surface area contributed by atoms with Crippen molar-refractivity contribution < 1.29 is 14.1 Å². The van der Waals surface area contributed by atoms with Gasteiger partial charge in [-0.25, -0.2) is 4.39 Å². The van der Waals surface area contributed by atoms with Crippen molar-refractivity contribution in [2.24, 2.45) is 0 Å². The second kappa shape index (κ2) is 8.11. The van der Waals surface area contributed by atoms with E-state index in [0.717, 1.165) is 29.3 Å². The van der Waals surface area contributed by atoms with E-state index in [1.54, 1.807) is 6.08 Å². The third-order valence-electron chi connectivity index (χ3n) is 3.15. The lowest BCUT2D eigenvalue weighted by atomic mass is 10.1. The molecule has 128 valence electrons. The van der Waals surface area contributed by atoms with Crippen LogP contribution in [0.1, 0.15) is 11.1 Å². The molecule has 2 aromatic rings. The summed E-state index contributed by atoms with van der Waals surface area (Å²) < 4.78 is 13.7. The van der Waals surface area contributed by atoms with Crippen molar-refractivity contribution in [2.45, 2.75) is 6.92 Å². The maximum atomic E-state index is 13.7. The van der Waals surface area contributed by atoms with Crippen LogP contribution >= 0.6 is 12.2 Å². The number of non-ortho nitro benzene ring substituents is 1. The van der Waals surface area contributed by atoms with Gasteiger partial charge in [-0.15, -0.1) is 0 Å². The Morgan fingerprint density at radius 3 is 2.56 bits per heavy atom. The number of carbonyl (C=O) groups is 1. The number of anilines is 1. The normalized spacial score (nSPS) is 10.5. The Balaban J connectivity index is 1.97. The molecule has 0 aromatic heterocycles. The summed E-state index contributed by atoms with van der Waals surface area (Å²) >= 11 is 4.92. The van der Waals surface area contributed by atoms with Crippen LogP contribution in [0.5, 0.6) is 0 Å². The number of rotatable bonds is 4. The molecule has 0 spiro atoms. The summed E-state index contributed by atoms with van der Waals surface area (Å²) in [5, 5.41) is 15.3. The molecule has 0 aliphatic carbocycles. The number of halogens is 1. The first kappa shape index (κ1) is 18.2. The molecule has 2 rings (SSSR count). The summed E-state index contributed by atoms with van der Waals surface area (Å²) in [6, 6.07) is 10.5. The zero-order valence-electron chi connectivity index (χ0n) is 13.2. The molecule has 0 saturated carbocycles. The molecular formula is C17H14FN3O3S. The Kier molecular flexibility index (Phi) is 5.91. The maximum Gasteiger partial charge on any atom is 0.271 e. The van der Waals surface area contributed by atoms with Crippen molar-refractivity contribution in [3.63, 3.8) is 0 Å². The number of nitro groups is 1. The lowest BCUT2D eigenvalue weighted by Gasteiger charge is -2.08. The highest BCUT2D eigenvalue weighted by Crippen LogP contribution is 2.21. The Hall–Kier alpha value is -3.13. The van der Waals surface area contributed by atoms with E-state index in [4.69, 9.17) is 12.2 Å². The summed E-state index contributed by atoms with van der Waals surface area (Å²) in [5.74, 6) is -1.23. The zero-order valence-corrected chi connectivity index (χ0v) is 14.0. The van der Waals surface area contributed by atoms with Crippen molar-refractivity contribution >= 4 is 40.7 Å². The predicted octanol–water partition coefficient (Wildman–Crippen LogP) is 3.57. The van der Waals surface area contributed by atoms with Gasteiger partial charge in [-0.05, 0) is 36.8 Å². The SMILES string of the molecule is Cc1ccc(/C=C/C(=O)NC(=S)Nc2cc([N+](=O)[O-])ccc2F)cc1. The van der Waals surface area contributed by atoms with Gasteiger partial charge in [0.25, 0.3) is 5.69 Å². The van der Waals surface area contributed by atoms with Gasteiger partial charge < -0.3 is 5.32 Å². The summed E-state index contributed by atoms with van der Waals surface area (Å²) in [7, 11) is 0. The number of nitrogens with zero attached hydrogens (tertiary/aromatic N) is 1. The third kappa shape index (κ3) is 5.47. The van der Waals surface area contributed by atoms with E-state index < -0.39 is 16.6 Å². The number of hydrogen-bond acceptors (Lipinski definition) is 4. The number of amides is 1. The van der Waals surface area contributed by atoms with E-state index in [1.807, 2.05) is 31.2 Å². The molecule has 0 aliphatic heterocycles. The van der Waals surface area contributed by atoms with E-state index in [1.165, 1.54) is 6.08 Å². The van der Waals surface area contributed by atoms with Crippen LogP contribution in [0.4, 0.5) is 15.8 Å². The molecule has 2 N–H and O–H groups in total. The topological polar surface area (TPSA) is 84.3 Å². The molecule has 0 saturated heterocycles. The van der Waals surface area contributed by atoms with Crippen molar-refractivity contribution in [3.8, 4) is 0 Å². The largest absolute Gasteiger partial charge is 0.330 e. The minimum atomic E-state index is -0.725. The Labute approximate surface area is 148 Å². The lowest BCUT2D eigenvalue weighted by molar-refractivity contribution is -0.384. The first-order valence-electron chi connectivity index (χ1n) is 7.16. The fraction of sp³-hybridized carbons (Fsp3) is 0.0588. The quantitative estimate of drug-likeness (QED) is 0.377. The first-order valence-corrected chi connectivity index (χ1v) is 7.56. The highest BCUT2D eigenvalue weighted by molar-refractivity contribution is 7.80. The van der Waals surface area contributed by atoms with E-state index in [2.05, 4.69) is 10.6 Å².